The molecule has 0 aliphatic carbocycles. The monoisotopic (exact) mass is 514 g/mol. The number of aromatic nitrogens is 4. The number of nitrogens with zero attached hydrogens (tertiary/aromatic N) is 5. The van der Waals surface area contributed by atoms with Crippen LogP contribution in [0.25, 0.3) is 11.2 Å². The summed E-state index contributed by atoms with van der Waals surface area (Å²) in [5, 5.41) is 23.1. The first kappa shape index (κ1) is 24.7. The summed E-state index contributed by atoms with van der Waals surface area (Å²) >= 11 is 5.37. The number of sulfone groups is 1. The molecule has 2 aliphatic heterocycles. The summed E-state index contributed by atoms with van der Waals surface area (Å²) in [6.07, 6.45) is -1.52. The highest BCUT2D eigenvalue weighted by Crippen LogP contribution is 2.34. The molecule has 0 radical (unpaired) electrons. The zero-order valence-electron chi connectivity index (χ0n) is 18.6. The van der Waals surface area contributed by atoms with Gasteiger partial charge in [-0.05, 0) is 12.2 Å². The van der Waals surface area contributed by atoms with Crippen LogP contribution in [0.4, 0.5) is 5.82 Å². The molecule has 15 heteroatoms. The summed E-state index contributed by atoms with van der Waals surface area (Å²) in [4.78, 5) is 26.4. The number of imidazole rings is 1. The van der Waals surface area contributed by atoms with Crippen molar-refractivity contribution in [2.75, 3.05) is 36.5 Å². The van der Waals surface area contributed by atoms with Crippen molar-refractivity contribution in [3.8, 4) is 0 Å². The molecule has 2 aromatic heterocycles. The smallest absolute Gasteiger partial charge is 0.259 e. The lowest BCUT2D eigenvalue weighted by molar-refractivity contribution is -0.118. The Morgan fingerprint density at radius 1 is 1.32 bits per heavy atom. The predicted octanol–water partition coefficient (Wildman–Crippen LogP) is -0.928. The molecule has 34 heavy (non-hydrogen) atoms. The normalized spacial score (nSPS) is 26.7. The fraction of sp³-hybridized carbons (Fsp3) is 0.632. The highest BCUT2D eigenvalue weighted by molar-refractivity contribution is 7.91. The number of thiocarbonyl (C=S) groups is 1. The first-order chi connectivity index (χ1) is 16.1. The quantitative estimate of drug-likeness (QED) is 0.420. The first-order valence-electron chi connectivity index (χ1n) is 10.7. The van der Waals surface area contributed by atoms with Gasteiger partial charge >= 0.3 is 0 Å². The number of carbonyl (C=O) groups excluding carboxylic acids is 1. The van der Waals surface area contributed by atoms with Crippen molar-refractivity contribution in [2.24, 2.45) is 5.92 Å². The largest absolute Gasteiger partial charge is 0.460 e. The van der Waals surface area contributed by atoms with Crippen LogP contribution < -0.4 is 5.32 Å². The molecule has 3 N–H and O–H groups in total. The van der Waals surface area contributed by atoms with E-state index >= 15 is 0 Å². The first-order valence-corrected chi connectivity index (χ1v) is 12.9. The van der Waals surface area contributed by atoms with Crippen molar-refractivity contribution >= 4 is 50.1 Å². The number of hydrogen-bond acceptors (Lipinski definition) is 11. The minimum absolute atomic E-state index is 0.0232. The van der Waals surface area contributed by atoms with Crippen LogP contribution in [0.5, 0.6) is 0 Å². The summed E-state index contributed by atoms with van der Waals surface area (Å²) in [5.41, 5.74) is 0.623. The average molecular weight is 515 g/mol. The highest BCUT2D eigenvalue weighted by atomic mass is 32.2. The van der Waals surface area contributed by atoms with Gasteiger partial charge in [-0.1, -0.05) is 13.8 Å². The van der Waals surface area contributed by atoms with Crippen LogP contribution in [0, 0.1) is 5.92 Å². The van der Waals surface area contributed by atoms with Crippen molar-refractivity contribution in [1.29, 1.82) is 0 Å². The third kappa shape index (κ3) is 4.84. The van der Waals surface area contributed by atoms with Gasteiger partial charge in [0.25, 0.3) is 5.17 Å². The molecule has 0 bridgehead atoms. The summed E-state index contributed by atoms with van der Waals surface area (Å²) in [6, 6.07) is 0. The van der Waals surface area contributed by atoms with Gasteiger partial charge in [0.2, 0.25) is 5.91 Å². The third-order valence-corrected chi connectivity index (χ3v) is 7.69. The number of carbonyl (C=O) groups is 1. The van der Waals surface area contributed by atoms with Crippen molar-refractivity contribution in [3.63, 3.8) is 0 Å². The maximum Gasteiger partial charge on any atom is 0.259 e. The van der Waals surface area contributed by atoms with Crippen LogP contribution in [0.3, 0.4) is 0 Å². The molecule has 2 aromatic rings. The second kappa shape index (κ2) is 9.65. The molecule has 0 aromatic carbocycles. The number of hydrogen-bond donors (Lipinski definition) is 3. The zero-order chi connectivity index (χ0) is 24.6. The van der Waals surface area contributed by atoms with Crippen LogP contribution in [0.15, 0.2) is 12.7 Å². The van der Waals surface area contributed by atoms with E-state index in [9.17, 15) is 23.4 Å². The van der Waals surface area contributed by atoms with E-state index in [2.05, 4.69) is 20.3 Å². The van der Waals surface area contributed by atoms with Gasteiger partial charge in [-0.3, -0.25) is 9.36 Å². The highest BCUT2D eigenvalue weighted by Gasteiger charge is 2.47. The molecule has 2 fully saturated rings. The number of fused-ring (bicyclic) bond motifs is 1. The lowest BCUT2D eigenvalue weighted by Crippen LogP contribution is -2.47. The summed E-state index contributed by atoms with van der Waals surface area (Å²) in [5.74, 6) is -0.373. The molecular formula is C19H26N6O7S2. The van der Waals surface area contributed by atoms with E-state index in [4.69, 9.17) is 21.7 Å². The van der Waals surface area contributed by atoms with Crippen LogP contribution in [0.1, 0.15) is 20.1 Å². The predicted molar refractivity (Wildman–Crippen MR) is 123 cm³/mol. The van der Waals surface area contributed by atoms with Crippen molar-refractivity contribution in [1.82, 2.24) is 24.4 Å². The summed E-state index contributed by atoms with van der Waals surface area (Å²) in [6.45, 7) is 3.39. The fourth-order valence-electron chi connectivity index (χ4n) is 3.70. The number of aliphatic hydroxyl groups is 2. The molecule has 1 amide bonds. The number of rotatable bonds is 5. The van der Waals surface area contributed by atoms with E-state index in [0.29, 0.717) is 11.2 Å². The molecule has 13 nitrogen and oxygen atoms in total. The van der Waals surface area contributed by atoms with E-state index in [0.717, 1.165) is 0 Å². The topological polar surface area (TPSA) is 169 Å². The Hall–Kier alpha value is -2.46. The minimum Gasteiger partial charge on any atom is -0.460 e. The standard InChI is InChI=1S/C19H26N6O7S2/c1-10(2)17(28)23-15-12-16(21-8-20-15)25(9-22-12)18-14(13(27)11(7-26)31-18)32-19(33)24-3-5-34(29,30)6-4-24/h8-11,13-14,18,26-27H,3-7H2,1-2H3,(H,20,21,23,28)/t11-,13?,14+,18-/m1/s1. The average Bonchev–Trinajstić information content (AvgIpc) is 3.35. The minimum atomic E-state index is -3.11. The fourth-order valence-corrected chi connectivity index (χ4v) is 5.19. The SMILES string of the molecule is CC(C)C(=O)Nc1ncnc2c1ncn2[C@@H]1O[C@H](CO)C(O)[C@@H]1OC(=S)N1CCS(=O)(=O)CC1. The van der Waals surface area contributed by atoms with Gasteiger partial charge in [0.1, 0.15) is 18.5 Å². The molecule has 2 aliphatic rings. The van der Waals surface area contributed by atoms with Gasteiger partial charge in [0, 0.05) is 19.0 Å². The Morgan fingerprint density at radius 2 is 2.03 bits per heavy atom. The van der Waals surface area contributed by atoms with Gasteiger partial charge in [0.15, 0.2) is 39.2 Å². The Morgan fingerprint density at radius 3 is 2.68 bits per heavy atom. The molecule has 1 unspecified atom stereocenters. The second-order valence-electron chi connectivity index (χ2n) is 8.42. The van der Waals surface area contributed by atoms with E-state index in [1.165, 1.54) is 17.2 Å². The van der Waals surface area contributed by atoms with Gasteiger partial charge in [-0.2, -0.15) is 0 Å². The molecule has 4 rings (SSSR count). The van der Waals surface area contributed by atoms with E-state index in [-0.39, 0.29) is 47.4 Å². The van der Waals surface area contributed by atoms with Gasteiger partial charge < -0.3 is 29.9 Å². The Labute approximate surface area is 201 Å². The Kier molecular flexibility index (Phi) is 7.00. The maximum atomic E-state index is 12.1. The van der Waals surface area contributed by atoms with E-state index in [1.54, 1.807) is 18.7 Å². The summed E-state index contributed by atoms with van der Waals surface area (Å²) < 4.78 is 36.7. The van der Waals surface area contributed by atoms with Crippen LogP contribution in [0.2, 0.25) is 0 Å². The number of aliphatic hydroxyl groups excluding tert-OH is 2. The zero-order valence-corrected chi connectivity index (χ0v) is 20.2. The second-order valence-corrected chi connectivity index (χ2v) is 11.1. The molecule has 0 saturated carbocycles. The Bertz CT molecular complexity index is 1170. The number of ether oxygens (including phenoxy) is 2. The van der Waals surface area contributed by atoms with E-state index in [1.807, 2.05) is 0 Å². The van der Waals surface area contributed by atoms with Gasteiger partial charge in [-0.25, -0.2) is 23.4 Å². The summed E-state index contributed by atoms with van der Waals surface area (Å²) in [7, 11) is -3.11. The maximum absolute atomic E-state index is 12.1. The van der Waals surface area contributed by atoms with Gasteiger partial charge in [0.05, 0.1) is 24.4 Å². The number of amides is 1. The van der Waals surface area contributed by atoms with Crippen molar-refractivity contribution < 1.29 is 32.9 Å². The number of nitrogens with one attached hydrogen (secondary N) is 1. The van der Waals surface area contributed by atoms with Crippen molar-refractivity contribution in [3.05, 3.63) is 12.7 Å². The molecule has 2 saturated heterocycles. The van der Waals surface area contributed by atoms with Crippen molar-refractivity contribution in [2.45, 2.75) is 38.4 Å². The van der Waals surface area contributed by atoms with Crippen LogP contribution in [-0.4, -0.2) is 104 Å². The Balaban J connectivity index is 1.60. The van der Waals surface area contributed by atoms with Crippen LogP contribution >= 0.6 is 12.2 Å². The molecule has 4 heterocycles. The molecule has 186 valence electrons. The third-order valence-electron chi connectivity index (χ3n) is 5.73. The van der Waals surface area contributed by atoms with E-state index < -0.39 is 41.0 Å². The van der Waals surface area contributed by atoms with Crippen LogP contribution in [-0.2, 0) is 24.1 Å². The lowest BCUT2D eigenvalue weighted by atomic mass is 10.1. The lowest BCUT2D eigenvalue weighted by Gasteiger charge is -2.31. The molecule has 0 spiro atoms. The number of anilines is 1. The molecule has 4 atom stereocenters. The van der Waals surface area contributed by atoms with Gasteiger partial charge in [-0.15, -0.1) is 0 Å². The molecular weight excluding hydrogens is 488 g/mol.